The summed E-state index contributed by atoms with van der Waals surface area (Å²) in [5, 5.41) is 5.23. The lowest BCUT2D eigenvalue weighted by atomic mass is 9.88. The minimum absolute atomic E-state index is 0.177. The summed E-state index contributed by atoms with van der Waals surface area (Å²) in [5.41, 5.74) is 2.29. The van der Waals surface area contributed by atoms with Gasteiger partial charge in [-0.3, -0.25) is 4.79 Å². The Morgan fingerprint density at radius 1 is 0.925 bits per heavy atom. The average Bonchev–Trinajstić information content (AvgIpc) is 2.94. The molecule has 1 aliphatic carbocycles. The molecular weight excluding hydrogens is 770 g/mol. The fourth-order valence-corrected chi connectivity index (χ4v) is 6.79. The molecule has 208 valence electrons. The lowest BCUT2D eigenvalue weighted by Gasteiger charge is -2.22. The molecule has 0 atom stereocenters. The van der Waals surface area contributed by atoms with Crippen molar-refractivity contribution < 1.29 is 9.47 Å². The zero-order valence-corrected chi connectivity index (χ0v) is 28.1. The number of ether oxygens (including phenoxy) is 2. The highest BCUT2D eigenvalue weighted by molar-refractivity contribution is 9.11. The maximum Gasteiger partial charge on any atom is 0.282 e. The Labute approximate surface area is 266 Å². The lowest BCUT2D eigenvalue weighted by molar-refractivity contribution is 0.268. The van der Waals surface area contributed by atoms with Crippen molar-refractivity contribution in [2.24, 2.45) is 5.10 Å². The Morgan fingerprint density at radius 2 is 1.65 bits per heavy atom. The molecule has 0 aliphatic heterocycles. The van der Waals surface area contributed by atoms with Crippen LogP contribution in [0.2, 0.25) is 0 Å². The van der Waals surface area contributed by atoms with Gasteiger partial charge >= 0.3 is 0 Å². The van der Waals surface area contributed by atoms with E-state index in [4.69, 9.17) is 19.6 Å². The number of hydrogen-bond donors (Lipinski definition) is 0. The van der Waals surface area contributed by atoms with Crippen LogP contribution in [0.15, 0.2) is 76.3 Å². The van der Waals surface area contributed by atoms with Crippen LogP contribution in [0.1, 0.15) is 61.9 Å². The zero-order valence-electron chi connectivity index (χ0n) is 21.8. The Hall–Kier alpha value is -2.01. The van der Waals surface area contributed by atoms with Gasteiger partial charge in [0.1, 0.15) is 12.4 Å². The quantitative estimate of drug-likeness (QED) is 0.167. The normalized spacial score (nSPS) is 14.2. The minimum Gasteiger partial charge on any atom is -0.490 e. The molecule has 0 N–H and O–H groups in total. The second-order valence-electron chi connectivity index (χ2n) is 9.61. The second kappa shape index (κ2) is 13.3. The fourth-order valence-electron chi connectivity index (χ4n) is 4.85. The summed E-state index contributed by atoms with van der Waals surface area (Å²) in [6.07, 6.45) is 7.16. The molecule has 0 spiro atoms. The van der Waals surface area contributed by atoms with E-state index in [0.717, 1.165) is 60.5 Å². The van der Waals surface area contributed by atoms with Gasteiger partial charge in [0.25, 0.3) is 5.56 Å². The molecule has 1 fully saturated rings. The van der Waals surface area contributed by atoms with Crippen molar-refractivity contribution in [1.82, 2.24) is 9.66 Å². The second-order valence-corrected chi connectivity index (χ2v) is 13.1. The fraction of sp³-hybridized carbons (Fsp3) is 0.300. The molecule has 1 aliphatic rings. The van der Waals surface area contributed by atoms with Gasteiger partial charge in [0.05, 0.1) is 23.7 Å². The molecule has 1 saturated carbocycles. The third-order valence-electron chi connectivity index (χ3n) is 6.88. The van der Waals surface area contributed by atoms with Crippen molar-refractivity contribution in [3.05, 3.63) is 93.7 Å². The van der Waals surface area contributed by atoms with E-state index in [1.54, 1.807) is 12.3 Å². The maximum atomic E-state index is 13.7. The van der Waals surface area contributed by atoms with Crippen molar-refractivity contribution >= 4 is 80.8 Å². The van der Waals surface area contributed by atoms with Crippen LogP contribution in [0.4, 0.5) is 0 Å². The number of nitrogens with zero attached hydrogens (tertiary/aromatic N) is 3. The van der Waals surface area contributed by atoms with Crippen molar-refractivity contribution in [3.8, 4) is 11.5 Å². The van der Waals surface area contributed by atoms with Gasteiger partial charge in [0, 0.05) is 34.9 Å². The van der Waals surface area contributed by atoms with Gasteiger partial charge in [-0.2, -0.15) is 9.78 Å². The third-order valence-corrected chi connectivity index (χ3v) is 9.29. The molecule has 0 bridgehead atoms. The lowest BCUT2D eigenvalue weighted by Crippen LogP contribution is -2.25. The van der Waals surface area contributed by atoms with Gasteiger partial charge in [-0.25, -0.2) is 4.98 Å². The van der Waals surface area contributed by atoms with Crippen LogP contribution in [0.5, 0.6) is 11.5 Å². The topological polar surface area (TPSA) is 65.7 Å². The van der Waals surface area contributed by atoms with E-state index in [0.29, 0.717) is 35.6 Å². The van der Waals surface area contributed by atoms with Crippen LogP contribution in [0.3, 0.4) is 0 Å². The highest BCUT2D eigenvalue weighted by Gasteiger charge is 2.23. The van der Waals surface area contributed by atoms with E-state index in [9.17, 15) is 4.79 Å². The SMILES string of the molecule is CCOc1cc(C=Nn2c(C3CCCCC3)nc3ccc(Br)cc3c2=O)c(Br)cc1OCc1ccc(Br)cc1Br. The average molecular weight is 797 g/mol. The monoisotopic (exact) mass is 793 g/mol. The summed E-state index contributed by atoms with van der Waals surface area (Å²) in [4.78, 5) is 18.6. The molecule has 0 saturated heterocycles. The van der Waals surface area contributed by atoms with Crippen molar-refractivity contribution in [2.75, 3.05) is 6.61 Å². The van der Waals surface area contributed by atoms with Crippen molar-refractivity contribution in [2.45, 2.75) is 51.6 Å². The van der Waals surface area contributed by atoms with Gasteiger partial charge in [0.15, 0.2) is 11.5 Å². The molecule has 1 aromatic heterocycles. The van der Waals surface area contributed by atoms with Gasteiger partial charge in [0.2, 0.25) is 0 Å². The van der Waals surface area contributed by atoms with Crippen LogP contribution >= 0.6 is 63.7 Å². The third kappa shape index (κ3) is 6.72. The highest BCUT2D eigenvalue weighted by atomic mass is 79.9. The minimum atomic E-state index is -0.177. The van der Waals surface area contributed by atoms with E-state index in [1.165, 1.54) is 11.1 Å². The summed E-state index contributed by atoms with van der Waals surface area (Å²) in [6.45, 7) is 2.78. The molecule has 1 heterocycles. The maximum absolute atomic E-state index is 13.7. The summed E-state index contributed by atoms with van der Waals surface area (Å²) >= 11 is 14.2. The molecule has 0 radical (unpaired) electrons. The van der Waals surface area contributed by atoms with Crippen molar-refractivity contribution in [1.29, 1.82) is 0 Å². The van der Waals surface area contributed by atoms with Gasteiger partial charge in [-0.1, -0.05) is 73.1 Å². The van der Waals surface area contributed by atoms with E-state index < -0.39 is 0 Å². The number of hydrogen-bond acceptors (Lipinski definition) is 5. The Morgan fingerprint density at radius 3 is 2.40 bits per heavy atom. The molecule has 5 rings (SSSR count). The molecule has 0 unspecified atom stereocenters. The molecule has 4 aromatic rings. The number of benzene rings is 3. The Bertz CT molecular complexity index is 1630. The molecule has 3 aromatic carbocycles. The van der Waals surface area contributed by atoms with Crippen LogP contribution < -0.4 is 15.0 Å². The summed E-state index contributed by atoms with van der Waals surface area (Å²) in [6, 6.07) is 15.3. The Kier molecular flexibility index (Phi) is 9.81. The van der Waals surface area contributed by atoms with Crippen LogP contribution in [0, 0.1) is 0 Å². The summed E-state index contributed by atoms with van der Waals surface area (Å²) < 4.78 is 17.1. The number of fused-ring (bicyclic) bond motifs is 1. The van der Waals surface area contributed by atoms with Crippen LogP contribution in [-0.2, 0) is 6.61 Å². The number of rotatable bonds is 8. The number of halogens is 4. The molecule has 40 heavy (non-hydrogen) atoms. The molecule has 10 heteroatoms. The van der Waals surface area contributed by atoms with E-state index in [2.05, 4.69) is 63.7 Å². The van der Waals surface area contributed by atoms with E-state index in [1.807, 2.05) is 49.4 Å². The Balaban J connectivity index is 1.51. The first-order valence-electron chi connectivity index (χ1n) is 13.1. The standard InChI is InChI=1S/C30H27Br4N3O3/c1-2-39-27-12-20(25(34)15-28(27)40-17-19-8-9-22(32)14-24(19)33)16-35-37-29(18-6-4-3-5-7-18)36-26-11-10-21(31)13-23(26)30(37)38/h8-16,18H,2-7,17H2,1H3. The zero-order chi connectivity index (χ0) is 28.2. The number of aromatic nitrogens is 2. The first-order valence-corrected chi connectivity index (χ1v) is 16.3. The van der Waals surface area contributed by atoms with Crippen LogP contribution in [-0.4, -0.2) is 22.5 Å². The first kappa shape index (κ1) is 29.5. The molecular formula is C30H27Br4N3O3. The largest absolute Gasteiger partial charge is 0.490 e. The summed E-state index contributed by atoms with van der Waals surface area (Å²) in [7, 11) is 0. The predicted octanol–water partition coefficient (Wildman–Crippen LogP) is 9.35. The van der Waals surface area contributed by atoms with Gasteiger partial charge in [-0.05, 0) is 78.2 Å². The molecule has 0 amide bonds. The first-order chi connectivity index (χ1) is 19.3. The molecule has 6 nitrogen and oxygen atoms in total. The smallest absolute Gasteiger partial charge is 0.282 e. The van der Waals surface area contributed by atoms with Crippen LogP contribution in [0.25, 0.3) is 10.9 Å². The van der Waals surface area contributed by atoms with Gasteiger partial charge < -0.3 is 9.47 Å². The van der Waals surface area contributed by atoms with Crippen molar-refractivity contribution in [3.63, 3.8) is 0 Å². The predicted molar refractivity (Wildman–Crippen MR) is 174 cm³/mol. The summed E-state index contributed by atoms with van der Waals surface area (Å²) in [5.74, 6) is 2.12. The van der Waals surface area contributed by atoms with E-state index in [-0.39, 0.29) is 11.5 Å². The highest BCUT2D eigenvalue weighted by Crippen LogP contribution is 2.35. The van der Waals surface area contributed by atoms with Gasteiger partial charge in [-0.15, -0.1) is 0 Å². The van der Waals surface area contributed by atoms with E-state index >= 15 is 0 Å².